The van der Waals surface area contributed by atoms with Crippen LogP contribution in [0.5, 0.6) is 5.75 Å². The van der Waals surface area contributed by atoms with Gasteiger partial charge in [0.1, 0.15) is 11.4 Å². The van der Waals surface area contributed by atoms with Crippen molar-refractivity contribution >= 4 is 51.3 Å². The zero-order chi connectivity index (χ0) is 29.1. The summed E-state index contributed by atoms with van der Waals surface area (Å²) in [6.45, 7) is 2.67. The Morgan fingerprint density at radius 2 is 1.73 bits per heavy atom. The molecule has 2 aromatic heterocycles. The summed E-state index contributed by atoms with van der Waals surface area (Å²) in [5.41, 5.74) is 3.10. The molecule has 0 aliphatic rings. The summed E-state index contributed by atoms with van der Waals surface area (Å²) in [6.07, 6.45) is -3.84. The standard InChI is InChI=1S/C30H25ClF3N3O3S/c1-3-40-28(38)20-7-11-26-25(15-20)36-29(37(26)13-12-18-4-8-21(39-2)9-5-18)41-17-19-6-10-24-22(14-19)23(31)16-27(35-24)30(32,33)34/h4-11,14-16H,3,12-13,17H2,1-2H3. The van der Waals surface area contributed by atoms with E-state index >= 15 is 0 Å². The minimum Gasteiger partial charge on any atom is -0.497 e. The fraction of sp³-hybridized carbons (Fsp3) is 0.233. The van der Waals surface area contributed by atoms with Crippen LogP contribution in [0.25, 0.3) is 21.9 Å². The van der Waals surface area contributed by atoms with Crippen molar-refractivity contribution in [2.75, 3.05) is 13.7 Å². The molecule has 0 N–H and O–H groups in total. The van der Waals surface area contributed by atoms with Crippen LogP contribution >= 0.6 is 23.4 Å². The number of halogens is 4. The molecule has 0 aliphatic carbocycles. The first kappa shape index (κ1) is 28.8. The highest BCUT2D eigenvalue weighted by molar-refractivity contribution is 7.98. The van der Waals surface area contributed by atoms with Crippen LogP contribution in [0.2, 0.25) is 5.02 Å². The minimum absolute atomic E-state index is 0.00704. The Hall–Kier alpha value is -3.76. The number of benzene rings is 3. The van der Waals surface area contributed by atoms with E-state index in [-0.39, 0.29) is 17.1 Å². The number of carbonyl (C=O) groups is 1. The first-order valence-electron chi connectivity index (χ1n) is 12.8. The van der Waals surface area contributed by atoms with Crippen molar-refractivity contribution in [1.29, 1.82) is 0 Å². The van der Waals surface area contributed by atoms with Gasteiger partial charge in [0.15, 0.2) is 5.16 Å². The lowest BCUT2D eigenvalue weighted by molar-refractivity contribution is -0.140. The molecule has 0 bridgehead atoms. The van der Waals surface area contributed by atoms with Gasteiger partial charge in [-0.3, -0.25) is 0 Å². The zero-order valence-electron chi connectivity index (χ0n) is 22.2. The van der Waals surface area contributed by atoms with E-state index in [0.717, 1.165) is 40.0 Å². The number of aromatic nitrogens is 3. The van der Waals surface area contributed by atoms with Crippen LogP contribution in [0.1, 0.15) is 34.1 Å². The molecule has 0 saturated carbocycles. The van der Waals surface area contributed by atoms with Crippen molar-refractivity contribution in [1.82, 2.24) is 14.5 Å². The van der Waals surface area contributed by atoms with Gasteiger partial charge in [-0.2, -0.15) is 13.2 Å². The van der Waals surface area contributed by atoms with Crippen molar-refractivity contribution < 1.29 is 27.4 Å². The molecule has 0 radical (unpaired) electrons. The lowest BCUT2D eigenvalue weighted by Crippen LogP contribution is -2.08. The van der Waals surface area contributed by atoms with E-state index in [1.807, 2.05) is 30.3 Å². The largest absolute Gasteiger partial charge is 0.497 e. The second-order valence-electron chi connectivity index (χ2n) is 9.20. The van der Waals surface area contributed by atoms with Gasteiger partial charge in [-0.15, -0.1) is 0 Å². The second kappa shape index (κ2) is 12.0. The molecule has 0 amide bonds. The Labute approximate surface area is 243 Å². The molecule has 5 rings (SSSR count). The Morgan fingerprint density at radius 3 is 2.44 bits per heavy atom. The van der Waals surface area contributed by atoms with Gasteiger partial charge < -0.3 is 14.0 Å². The molecule has 11 heteroatoms. The number of thioether (sulfide) groups is 1. The van der Waals surface area contributed by atoms with E-state index < -0.39 is 17.8 Å². The number of rotatable bonds is 9. The average molecular weight is 600 g/mol. The summed E-state index contributed by atoms with van der Waals surface area (Å²) in [6, 6.07) is 19.1. The average Bonchev–Trinajstić information content (AvgIpc) is 3.31. The number of imidazole rings is 1. The maximum absolute atomic E-state index is 13.2. The predicted octanol–water partition coefficient (Wildman–Crippen LogP) is 7.98. The second-order valence-corrected chi connectivity index (χ2v) is 10.5. The first-order chi connectivity index (χ1) is 19.7. The highest BCUT2D eigenvalue weighted by Crippen LogP contribution is 2.34. The maximum Gasteiger partial charge on any atom is 0.433 e. The molecular formula is C30H25ClF3N3O3S. The van der Waals surface area contributed by atoms with E-state index in [9.17, 15) is 18.0 Å². The fourth-order valence-corrected chi connectivity index (χ4v) is 5.66. The topological polar surface area (TPSA) is 66.2 Å². The SMILES string of the molecule is CCOC(=O)c1ccc2c(c1)nc(SCc1ccc3nc(C(F)(F)F)cc(Cl)c3c1)n2CCc1ccc(OC)cc1. The van der Waals surface area contributed by atoms with Crippen molar-refractivity contribution in [2.24, 2.45) is 0 Å². The number of esters is 1. The van der Waals surface area contributed by atoms with E-state index in [2.05, 4.69) is 9.55 Å². The minimum atomic E-state index is -4.58. The molecule has 0 atom stereocenters. The van der Waals surface area contributed by atoms with Gasteiger partial charge in [-0.25, -0.2) is 14.8 Å². The number of alkyl halides is 3. The van der Waals surface area contributed by atoms with Crippen molar-refractivity contribution in [2.45, 2.75) is 37.0 Å². The quantitative estimate of drug-likeness (QED) is 0.126. The number of nitrogens with zero attached hydrogens (tertiary/aromatic N) is 3. The number of carbonyl (C=O) groups excluding carboxylic acids is 1. The highest BCUT2D eigenvalue weighted by Gasteiger charge is 2.33. The third kappa shape index (κ3) is 6.44. The Bertz CT molecular complexity index is 1720. The predicted molar refractivity (Wildman–Crippen MR) is 154 cm³/mol. The van der Waals surface area contributed by atoms with Gasteiger partial charge in [0.05, 0.1) is 40.9 Å². The molecule has 0 unspecified atom stereocenters. The number of hydrogen-bond acceptors (Lipinski definition) is 6. The normalized spacial score (nSPS) is 11.8. The van der Waals surface area contributed by atoms with Gasteiger partial charge in [0.25, 0.3) is 0 Å². The fourth-order valence-electron chi connectivity index (χ4n) is 4.42. The molecule has 0 saturated heterocycles. The molecule has 0 spiro atoms. The van der Waals surface area contributed by atoms with E-state index in [1.165, 1.54) is 11.8 Å². The molecule has 0 fully saturated rings. The van der Waals surface area contributed by atoms with E-state index in [0.29, 0.717) is 28.8 Å². The number of pyridine rings is 1. The van der Waals surface area contributed by atoms with Gasteiger partial charge in [-0.1, -0.05) is 41.6 Å². The smallest absolute Gasteiger partial charge is 0.433 e. The molecule has 2 heterocycles. The van der Waals surface area contributed by atoms with Gasteiger partial charge in [0, 0.05) is 17.7 Å². The molecule has 5 aromatic rings. The van der Waals surface area contributed by atoms with Gasteiger partial charge in [-0.05, 0) is 73.0 Å². The van der Waals surface area contributed by atoms with Crippen LogP contribution in [0.4, 0.5) is 13.2 Å². The molecule has 3 aromatic carbocycles. The summed E-state index contributed by atoms with van der Waals surface area (Å²) in [5.74, 6) is 0.862. The van der Waals surface area contributed by atoms with Crippen LogP contribution in [-0.4, -0.2) is 34.2 Å². The van der Waals surface area contributed by atoms with E-state index in [1.54, 1.807) is 44.4 Å². The lowest BCUT2D eigenvalue weighted by atomic mass is 10.1. The summed E-state index contributed by atoms with van der Waals surface area (Å²) in [7, 11) is 1.63. The number of ether oxygens (including phenoxy) is 2. The Kier molecular flexibility index (Phi) is 8.42. The summed E-state index contributed by atoms with van der Waals surface area (Å²) >= 11 is 7.69. The van der Waals surface area contributed by atoms with Gasteiger partial charge in [0.2, 0.25) is 0 Å². The first-order valence-corrected chi connectivity index (χ1v) is 14.1. The van der Waals surface area contributed by atoms with Crippen LogP contribution < -0.4 is 4.74 Å². The summed E-state index contributed by atoms with van der Waals surface area (Å²) in [5, 5.41) is 1.18. The van der Waals surface area contributed by atoms with Crippen LogP contribution in [-0.2, 0) is 29.6 Å². The number of aryl methyl sites for hydroxylation is 2. The molecular weight excluding hydrogens is 575 g/mol. The highest BCUT2D eigenvalue weighted by atomic mass is 35.5. The molecule has 41 heavy (non-hydrogen) atoms. The van der Waals surface area contributed by atoms with Crippen LogP contribution in [0.3, 0.4) is 0 Å². The van der Waals surface area contributed by atoms with E-state index in [4.69, 9.17) is 26.1 Å². The van der Waals surface area contributed by atoms with Crippen molar-refractivity contribution in [3.63, 3.8) is 0 Å². The summed E-state index contributed by atoms with van der Waals surface area (Å²) in [4.78, 5) is 20.9. The maximum atomic E-state index is 13.2. The lowest BCUT2D eigenvalue weighted by Gasteiger charge is -2.11. The number of hydrogen-bond donors (Lipinski definition) is 0. The zero-order valence-corrected chi connectivity index (χ0v) is 23.7. The molecule has 212 valence electrons. The van der Waals surface area contributed by atoms with Crippen molar-refractivity contribution in [3.8, 4) is 5.75 Å². The van der Waals surface area contributed by atoms with Crippen LogP contribution in [0, 0.1) is 0 Å². The number of methoxy groups -OCH3 is 1. The molecule has 6 nitrogen and oxygen atoms in total. The summed E-state index contributed by atoms with van der Waals surface area (Å²) < 4.78 is 52.0. The Balaban J connectivity index is 1.44. The van der Waals surface area contributed by atoms with Crippen molar-refractivity contribution in [3.05, 3.63) is 94.1 Å². The van der Waals surface area contributed by atoms with Gasteiger partial charge >= 0.3 is 12.1 Å². The third-order valence-corrected chi connectivity index (χ3v) is 7.85. The third-order valence-electron chi connectivity index (χ3n) is 6.49. The number of fused-ring (bicyclic) bond motifs is 2. The van der Waals surface area contributed by atoms with Crippen LogP contribution in [0.15, 0.2) is 71.9 Å². The Morgan fingerprint density at radius 1 is 0.976 bits per heavy atom. The monoisotopic (exact) mass is 599 g/mol. The molecule has 0 aliphatic heterocycles.